The number of aryl methyl sites for hydroxylation is 1. The summed E-state index contributed by atoms with van der Waals surface area (Å²) in [5.74, 6) is -5.55. The topological polar surface area (TPSA) is 296 Å². The Bertz CT molecular complexity index is 3180. The highest BCUT2D eigenvalue weighted by molar-refractivity contribution is 6.01. The molecule has 21 nitrogen and oxygen atoms in total. The SMILES string of the molecule is CC[C@@]1(O)C(=O)OCc2c1cc1n(c2=O)Cc2c-1nc1cc(F)c(C)c3c1c2C(NC(=O)CCCNC(=O)CCC(=O)[C@H](Cc1ccccc1)NC(=O)CCC(=O)CNC(=O)CCCCCCC(=O)ON1C(=O)CCC1=O)CC3. The molecule has 1 aliphatic carbocycles. The second-order valence-electron chi connectivity index (χ2n) is 20.5. The number of nitrogens with zero attached hydrogens (tertiary/aromatic N) is 3. The molecule has 0 bridgehead atoms. The third-order valence-corrected chi connectivity index (χ3v) is 15.1. The van der Waals surface area contributed by atoms with E-state index in [-0.39, 0.29) is 126 Å². The van der Waals surface area contributed by atoms with Gasteiger partial charge < -0.3 is 40.5 Å². The number of carbonyl (C=O) groups is 10. The van der Waals surface area contributed by atoms with E-state index in [1.807, 2.05) is 0 Å². The third-order valence-electron chi connectivity index (χ3n) is 15.1. The van der Waals surface area contributed by atoms with Crippen LogP contribution in [0.3, 0.4) is 0 Å². The van der Waals surface area contributed by atoms with Gasteiger partial charge in [-0.2, -0.15) is 0 Å². The lowest BCUT2D eigenvalue weighted by atomic mass is 9.81. The molecule has 5 heterocycles. The summed E-state index contributed by atoms with van der Waals surface area (Å²) < 4.78 is 22.1. The summed E-state index contributed by atoms with van der Waals surface area (Å²) in [5, 5.41) is 23.7. The van der Waals surface area contributed by atoms with E-state index in [1.54, 1.807) is 50.2 Å². The van der Waals surface area contributed by atoms with Crippen molar-refractivity contribution in [3.8, 4) is 11.4 Å². The number of hydrogen-bond acceptors (Lipinski definition) is 15. The lowest BCUT2D eigenvalue weighted by molar-refractivity contribution is -0.197. The van der Waals surface area contributed by atoms with Crippen LogP contribution < -0.4 is 26.8 Å². The van der Waals surface area contributed by atoms with E-state index in [2.05, 4.69) is 21.3 Å². The molecule has 6 amide bonds. The number of aromatic nitrogens is 2. The van der Waals surface area contributed by atoms with Crippen molar-refractivity contribution >= 4 is 69.9 Å². The molecule has 0 saturated carbocycles. The van der Waals surface area contributed by atoms with Crippen LogP contribution in [-0.4, -0.2) is 97.8 Å². The molecular weight excluding hydrogens is 1030 g/mol. The van der Waals surface area contributed by atoms with Crippen molar-refractivity contribution in [3.05, 3.63) is 97.6 Å². The van der Waals surface area contributed by atoms with Gasteiger partial charge in [0, 0.05) is 86.9 Å². The highest BCUT2D eigenvalue weighted by Gasteiger charge is 2.46. The number of rotatable bonds is 26. The van der Waals surface area contributed by atoms with Gasteiger partial charge in [-0.15, -0.1) is 5.06 Å². The maximum absolute atomic E-state index is 15.4. The Morgan fingerprint density at radius 1 is 0.810 bits per heavy atom. The highest BCUT2D eigenvalue weighted by Crippen LogP contribution is 2.46. The predicted octanol–water partition coefficient (Wildman–Crippen LogP) is 4.02. The Labute approximate surface area is 453 Å². The molecule has 1 saturated heterocycles. The van der Waals surface area contributed by atoms with E-state index in [1.165, 1.54) is 10.6 Å². The smallest absolute Gasteiger partial charge is 0.343 e. The second kappa shape index (κ2) is 25.2. The van der Waals surface area contributed by atoms with Crippen molar-refractivity contribution in [2.24, 2.45) is 0 Å². The number of hydrogen-bond donors (Lipinski definition) is 5. The van der Waals surface area contributed by atoms with Crippen molar-refractivity contribution in [1.29, 1.82) is 0 Å². The Kier molecular flexibility index (Phi) is 18.2. The van der Waals surface area contributed by atoms with Crippen molar-refractivity contribution in [2.45, 2.75) is 160 Å². The zero-order valence-electron chi connectivity index (χ0n) is 44.2. The number of pyridine rings is 2. The molecule has 418 valence electrons. The third kappa shape index (κ3) is 13.1. The van der Waals surface area contributed by atoms with Gasteiger partial charge in [0.1, 0.15) is 12.4 Å². The van der Waals surface area contributed by atoms with Crippen LogP contribution in [0.4, 0.5) is 4.39 Å². The summed E-state index contributed by atoms with van der Waals surface area (Å²) in [6, 6.07) is 10.4. The fourth-order valence-corrected chi connectivity index (χ4v) is 10.6. The van der Waals surface area contributed by atoms with E-state index in [0.29, 0.717) is 82.6 Å². The average Bonchev–Trinajstić information content (AvgIpc) is 4.23. The minimum absolute atomic E-state index is 0.00658. The summed E-state index contributed by atoms with van der Waals surface area (Å²) in [4.78, 5) is 150. The maximum atomic E-state index is 15.4. The minimum Gasteiger partial charge on any atom is -0.458 e. The minimum atomic E-state index is -2.04. The lowest BCUT2D eigenvalue weighted by Crippen LogP contribution is -2.44. The number of imide groups is 1. The summed E-state index contributed by atoms with van der Waals surface area (Å²) in [5.41, 5.74) is 2.25. The van der Waals surface area contributed by atoms with Gasteiger partial charge >= 0.3 is 11.9 Å². The molecule has 1 fully saturated rings. The fourth-order valence-electron chi connectivity index (χ4n) is 10.6. The first-order chi connectivity index (χ1) is 37.9. The highest BCUT2D eigenvalue weighted by atomic mass is 19.1. The van der Waals surface area contributed by atoms with Crippen LogP contribution in [0.5, 0.6) is 0 Å². The zero-order valence-corrected chi connectivity index (χ0v) is 44.2. The van der Waals surface area contributed by atoms with Crippen molar-refractivity contribution in [1.82, 2.24) is 35.9 Å². The largest absolute Gasteiger partial charge is 0.458 e. The molecule has 22 heteroatoms. The van der Waals surface area contributed by atoms with Gasteiger partial charge in [0.2, 0.25) is 23.6 Å². The predicted molar refractivity (Wildman–Crippen MR) is 279 cm³/mol. The molecule has 8 rings (SSSR count). The van der Waals surface area contributed by atoms with E-state index in [4.69, 9.17) is 14.6 Å². The van der Waals surface area contributed by atoms with Crippen molar-refractivity contribution in [2.75, 3.05) is 13.1 Å². The van der Waals surface area contributed by atoms with E-state index < -0.39 is 76.2 Å². The number of ketones is 2. The molecule has 4 aromatic rings. The van der Waals surface area contributed by atoms with Crippen LogP contribution in [0, 0.1) is 12.7 Å². The van der Waals surface area contributed by atoms with Gasteiger partial charge in [0.15, 0.2) is 17.2 Å². The van der Waals surface area contributed by atoms with Gasteiger partial charge in [0.05, 0.1) is 47.6 Å². The number of fused-ring (bicyclic) bond motifs is 5. The summed E-state index contributed by atoms with van der Waals surface area (Å²) in [6.07, 6.45) is 2.71. The van der Waals surface area contributed by atoms with Crippen LogP contribution >= 0.6 is 0 Å². The van der Waals surface area contributed by atoms with Crippen LogP contribution in [-0.2, 0) is 89.1 Å². The quantitative estimate of drug-likeness (QED) is 0.0297. The normalized spacial score (nSPS) is 17.3. The standard InChI is InChI=1S/C57H64FN7O14/c1-3-57(77)38-27-43-54-36(30-64(43)55(75)37(38)31-78-56(57)76)53-40(19-18-35-32(2)39(58)28-42(63-54)52(35)53)61-47(70)15-11-25-59-46(69)22-20-44(67)41(26-33-12-7-6-8-13-33)62-48(71)21-17-34(66)29-60-45(68)14-9-4-5-10-16-51(74)79-65-49(72)23-24-50(65)73/h6-8,12-13,27-28,40-41,77H,3-5,9-11,14-26,29-31H2,1-2H3,(H,59,69)(H,60,68)(H,61,70)(H,62,71)/t40?,41-,57-/m0/s1. The number of ether oxygens (including phenoxy) is 1. The number of unbranched alkanes of at least 4 members (excludes halogenated alkanes) is 3. The Balaban J connectivity index is 0.775. The van der Waals surface area contributed by atoms with E-state index in [9.17, 15) is 57.8 Å². The first-order valence-corrected chi connectivity index (χ1v) is 26.9. The number of carbonyl (C=O) groups excluding carboxylic acids is 10. The molecule has 2 aromatic heterocycles. The molecule has 5 N–H and O–H groups in total. The van der Waals surface area contributed by atoms with Crippen LogP contribution in [0.25, 0.3) is 22.3 Å². The van der Waals surface area contributed by atoms with Gasteiger partial charge in [-0.25, -0.2) is 19.0 Å². The average molecular weight is 1090 g/mol. The number of amides is 6. The van der Waals surface area contributed by atoms with Crippen molar-refractivity contribution in [3.63, 3.8) is 0 Å². The van der Waals surface area contributed by atoms with Crippen LogP contribution in [0.1, 0.15) is 155 Å². The number of cyclic esters (lactones) is 1. The van der Waals surface area contributed by atoms with Gasteiger partial charge in [-0.05, 0) is 80.2 Å². The summed E-state index contributed by atoms with van der Waals surface area (Å²) in [7, 11) is 0. The number of hydroxylamine groups is 2. The summed E-state index contributed by atoms with van der Waals surface area (Å²) >= 11 is 0. The number of Topliss-reactive ketones (excluding diaryl/α,β-unsaturated/α-hetero) is 2. The molecule has 2 aromatic carbocycles. The maximum Gasteiger partial charge on any atom is 0.343 e. The molecule has 3 atom stereocenters. The molecule has 0 radical (unpaired) electrons. The monoisotopic (exact) mass is 1090 g/mol. The number of nitrogens with one attached hydrogen (secondary N) is 4. The molecular formula is C57H64FN7O14. The Hall–Kier alpha value is -8.01. The number of esters is 1. The molecule has 0 spiro atoms. The molecule has 3 aliphatic heterocycles. The lowest BCUT2D eigenvalue weighted by Gasteiger charge is -2.31. The number of halogens is 1. The first-order valence-electron chi connectivity index (χ1n) is 26.9. The first kappa shape index (κ1) is 57.2. The Morgan fingerprint density at radius 3 is 2.24 bits per heavy atom. The van der Waals surface area contributed by atoms with Crippen LogP contribution in [0.15, 0.2) is 47.3 Å². The van der Waals surface area contributed by atoms with Crippen molar-refractivity contribution < 1.29 is 67.0 Å². The van der Waals surface area contributed by atoms with Gasteiger partial charge in [-0.3, -0.25) is 43.2 Å². The zero-order chi connectivity index (χ0) is 56.5. The molecule has 4 aliphatic rings. The fraction of sp³-hybridized carbons (Fsp3) is 0.474. The summed E-state index contributed by atoms with van der Waals surface area (Å²) in [6.45, 7) is 2.92. The van der Waals surface area contributed by atoms with Gasteiger partial charge in [-0.1, -0.05) is 50.1 Å². The molecule has 1 unspecified atom stereocenters. The number of benzene rings is 2. The van der Waals surface area contributed by atoms with E-state index >= 15 is 4.39 Å². The Morgan fingerprint density at radius 2 is 1.51 bits per heavy atom. The number of aliphatic hydroxyl groups is 1. The van der Waals surface area contributed by atoms with Crippen LogP contribution in [0.2, 0.25) is 0 Å². The molecule has 79 heavy (non-hydrogen) atoms. The second-order valence-corrected chi connectivity index (χ2v) is 20.5. The van der Waals surface area contributed by atoms with Gasteiger partial charge in [0.25, 0.3) is 17.4 Å². The van der Waals surface area contributed by atoms with E-state index in [0.717, 1.165) is 11.1 Å².